The van der Waals surface area contributed by atoms with E-state index in [4.69, 9.17) is 23.2 Å². The average molecular weight is 290 g/mol. The molecule has 1 aromatic carbocycles. The quantitative estimate of drug-likeness (QED) is 0.822. The summed E-state index contributed by atoms with van der Waals surface area (Å²) in [4.78, 5) is 23.0. The molecule has 1 aromatic rings. The van der Waals surface area contributed by atoms with Gasteiger partial charge in [-0.15, -0.1) is 0 Å². The van der Waals surface area contributed by atoms with Gasteiger partial charge in [0.15, 0.2) is 0 Å². The summed E-state index contributed by atoms with van der Waals surface area (Å²) in [6, 6.07) is 4.51. The Morgan fingerprint density at radius 3 is 2.44 bits per heavy atom. The lowest BCUT2D eigenvalue weighted by Gasteiger charge is -2.12. The van der Waals surface area contributed by atoms with Gasteiger partial charge in [-0.2, -0.15) is 0 Å². The van der Waals surface area contributed by atoms with Crippen LogP contribution in [0, 0.1) is 0 Å². The minimum atomic E-state index is -0.387. The molecule has 0 bridgehead atoms. The largest absolute Gasteiger partial charge is 0.343 e. The van der Waals surface area contributed by atoms with Crippen molar-refractivity contribution in [3.05, 3.63) is 33.8 Å². The monoisotopic (exact) mass is 289 g/mol. The van der Waals surface area contributed by atoms with Crippen LogP contribution < -0.4 is 10.7 Å². The van der Waals surface area contributed by atoms with Gasteiger partial charge in [-0.1, -0.05) is 23.2 Å². The average Bonchev–Trinajstić information content (AvgIpc) is 2.28. The third-order valence-corrected chi connectivity index (χ3v) is 2.68. The van der Waals surface area contributed by atoms with E-state index in [9.17, 15) is 9.59 Å². The van der Waals surface area contributed by atoms with Crippen molar-refractivity contribution in [2.75, 3.05) is 20.6 Å². The van der Waals surface area contributed by atoms with Gasteiger partial charge >= 0.3 is 0 Å². The van der Waals surface area contributed by atoms with Gasteiger partial charge in [0.05, 0.1) is 16.6 Å². The molecule has 0 fully saturated rings. The maximum absolute atomic E-state index is 11.7. The molecule has 2 amide bonds. The Morgan fingerprint density at radius 2 is 1.89 bits per heavy atom. The van der Waals surface area contributed by atoms with E-state index in [0.717, 1.165) is 0 Å². The second kappa shape index (κ2) is 6.58. The SMILES string of the molecule is CN(C)NC(=O)CNC(=O)c1ccc(Cl)c(Cl)c1. The molecule has 0 aliphatic carbocycles. The number of carbonyl (C=O) groups is 2. The number of nitrogens with zero attached hydrogens (tertiary/aromatic N) is 1. The van der Waals surface area contributed by atoms with E-state index in [2.05, 4.69) is 10.7 Å². The second-order valence-electron chi connectivity index (χ2n) is 3.74. The van der Waals surface area contributed by atoms with Gasteiger partial charge in [0, 0.05) is 19.7 Å². The zero-order valence-corrected chi connectivity index (χ0v) is 11.5. The minimum Gasteiger partial charge on any atom is -0.343 e. The van der Waals surface area contributed by atoms with Crippen molar-refractivity contribution in [1.29, 1.82) is 0 Å². The fourth-order valence-electron chi connectivity index (χ4n) is 1.19. The summed E-state index contributed by atoms with van der Waals surface area (Å²) in [5, 5.41) is 4.63. The number of hydrazine groups is 1. The summed E-state index contributed by atoms with van der Waals surface area (Å²) in [7, 11) is 3.36. The molecule has 0 spiro atoms. The van der Waals surface area contributed by atoms with Crippen LogP contribution in [0.2, 0.25) is 10.0 Å². The highest BCUT2D eigenvalue weighted by molar-refractivity contribution is 6.42. The lowest BCUT2D eigenvalue weighted by Crippen LogP contribution is -2.43. The molecule has 0 radical (unpaired) electrons. The summed E-state index contributed by atoms with van der Waals surface area (Å²) < 4.78 is 0. The molecule has 0 saturated heterocycles. The van der Waals surface area contributed by atoms with Gasteiger partial charge in [-0.25, -0.2) is 5.01 Å². The standard InChI is InChI=1S/C11H13Cl2N3O2/c1-16(2)15-10(17)6-14-11(18)7-3-4-8(12)9(13)5-7/h3-5H,6H2,1-2H3,(H,14,18)(H,15,17). The molecule has 2 N–H and O–H groups in total. The van der Waals surface area contributed by atoms with E-state index in [1.54, 1.807) is 14.1 Å². The van der Waals surface area contributed by atoms with Crippen LogP contribution in [0.4, 0.5) is 0 Å². The lowest BCUT2D eigenvalue weighted by molar-refractivity contribution is -0.123. The first-order chi connectivity index (χ1) is 8.40. The number of hydrogen-bond donors (Lipinski definition) is 2. The van der Waals surface area contributed by atoms with E-state index in [-0.39, 0.29) is 18.4 Å². The van der Waals surface area contributed by atoms with Gasteiger partial charge in [-0.05, 0) is 18.2 Å². The molecule has 0 aliphatic rings. The molecule has 0 unspecified atom stereocenters. The summed E-state index contributed by atoms with van der Waals surface area (Å²) in [6.07, 6.45) is 0. The van der Waals surface area contributed by atoms with E-state index >= 15 is 0 Å². The fraction of sp³-hybridized carbons (Fsp3) is 0.273. The molecule has 0 heterocycles. The van der Waals surface area contributed by atoms with Crippen molar-refractivity contribution in [3.63, 3.8) is 0 Å². The Balaban J connectivity index is 2.55. The van der Waals surface area contributed by atoms with Crippen molar-refractivity contribution in [1.82, 2.24) is 15.8 Å². The van der Waals surface area contributed by atoms with Crippen molar-refractivity contribution >= 4 is 35.0 Å². The number of amides is 2. The van der Waals surface area contributed by atoms with E-state index in [1.165, 1.54) is 23.2 Å². The zero-order valence-electron chi connectivity index (χ0n) is 9.96. The molecule has 0 aliphatic heterocycles. The molecule has 0 atom stereocenters. The van der Waals surface area contributed by atoms with Crippen LogP contribution in [0.1, 0.15) is 10.4 Å². The predicted molar refractivity (Wildman–Crippen MR) is 70.6 cm³/mol. The first kappa shape index (κ1) is 14.8. The number of benzene rings is 1. The molecule has 1 rings (SSSR count). The molecule has 18 heavy (non-hydrogen) atoms. The van der Waals surface area contributed by atoms with E-state index in [1.807, 2.05) is 0 Å². The van der Waals surface area contributed by atoms with Crippen LogP contribution in [0.3, 0.4) is 0 Å². The molecule has 0 saturated carbocycles. The van der Waals surface area contributed by atoms with Crippen LogP contribution in [0.5, 0.6) is 0 Å². The van der Waals surface area contributed by atoms with E-state index in [0.29, 0.717) is 15.6 Å². The fourth-order valence-corrected chi connectivity index (χ4v) is 1.49. The van der Waals surface area contributed by atoms with Gasteiger partial charge in [0.25, 0.3) is 11.8 Å². The molecule has 5 nitrogen and oxygen atoms in total. The number of nitrogens with one attached hydrogen (secondary N) is 2. The van der Waals surface area contributed by atoms with E-state index < -0.39 is 0 Å². The predicted octanol–water partition coefficient (Wildman–Crippen LogP) is 1.32. The summed E-state index contributed by atoms with van der Waals surface area (Å²) in [5.41, 5.74) is 2.85. The molecule has 7 heteroatoms. The third-order valence-electron chi connectivity index (χ3n) is 1.94. The Hall–Kier alpha value is -1.30. The maximum atomic E-state index is 11.7. The normalized spacial score (nSPS) is 10.3. The first-order valence-electron chi connectivity index (χ1n) is 5.10. The van der Waals surface area contributed by atoms with Crippen molar-refractivity contribution < 1.29 is 9.59 Å². The van der Waals surface area contributed by atoms with Crippen LogP contribution in [-0.4, -0.2) is 37.5 Å². The van der Waals surface area contributed by atoms with Crippen molar-refractivity contribution in [2.45, 2.75) is 0 Å². The smallest absolute Gasteiger partial charge is 0.253 e. The second-order valence-corrected chi connectivity index (χ2v) is 4.56. The Bertz CT molecular complexity index is 464. The van der Waals surface area contributed by atoms with Gasteiger partial charge in [0.1, 0.15) is 0 Å². The minimum absolute atomic E-state index is 0.114. The third kappa shape index (κ3) is 4.52. The zero-order chi connectivity index (χ0) is 13.7. The van der Waals surface area contributed by atoms with Crippen molar-refractivity contribution in [2.24, 2.45) is 0 Å². The van der Waals surface area contributed by atoms with Crippen LogP contribution >= 0.6 is 23.2 Å². The van der Waals surface area contributed by atoms with Crippen LogP contribution in [0.25, 0.3) is 0 Å². The summed E-state index contributed by atoms with van der Waals surface area (Å²) >= 11 is 11.5. The molecular formula is C11H13Cl2N3O2. The van der Waals surface area contributed by atoms with Gasteiger partial charge < -0.3 is 5.32 Å². The molecular weight excluding hydrogens is 277 g/mol. The highest BCUT2D eigenvalue weighted by Crippen LogP contribution is 2.22. The van der Waals surface area contributed by atoms with Gasteiger partial charge in [0.2, 0.25) is 0 Å². The number of halogens is 2. The topological polar surface area (TPSA) is 61.4 Å². The van der Waals surface area contributed by atoms with Crippen molar-refractivity contribution in [3.8, 4) is 0 Å². The summed E-state index contributed by atoms with van der Waals surface area (Å²) in [6.45, 7) is -0.114. The van der Waals surface area contributed by atoms with Crippen LogP contribution in [-0.2, 0) is 4.79 Å². The number of hydrogen-bond acceptors (Lipinski definition) is 3. The van der Waals surface area contributed by atoms with Crippen LogP contribution in [0.15, 0.2) is 18.2 Å². The molecule has 0 aromatic heterocycles. The Kier molecular flexibility index (Phi) is 5.40. The Labute approximate surface area is 115 Å². The first-order valence-corrected chi connectivity index (χ1v) is 5.86. The molecule has 98 valence electrons. The maximum Gasteiger partial charge on any atom is 0.253 e. The highest BCUT2D eigenvalue weighted by Gasteiger charge is 2.09. The Morgan fingerprint density at radius 1 is 1.22 bits per heavy atom. The highest BCUT2D eigenvalue weighted by atomic mass is 35.5. The number of carbonyl (C=O) groups excluding carboxylic acids is 2. The summed E-state index contributed by atoms with van der Waals surface area (Å²) in [5.74, 6) is -0.698. The lowest BCUT2D eigenvalue weighted by atomic mass is 10.2. The number of rotatable bonds is 4. The van der Waals surface area contributed by atoms with Gasteiger partial charge in [-0.3, -0.25) is 15.0 Å².